The molecular formula is C24H32N4O5. The summed E-state index contributed by atoms with van der Waals surface area (Å²) in [6, 6.07) is 10.2. The summed E-state index contributed by atoms with van der Waals surface area (Å²) in [6.45, 7) is 5.12. The van der Waals surface area contributed by atoms with Crippen molar-refractivity contribution in [3.8, 4) is 0 Å². The number of nitrogens with zero attached hydrogens (tertiary/aromatic N) is 1. The maximum absolute atomic E-state index is 12.9. The van der Waals surface area contributed by atoms with Crippen LogP contribution in [-0.2, 0) is 27.4 Å². The molecule has 0 aliphatic heterocycles. The highest BCUT2D eigenvalue weighted by Crippen LogP contribution is 2.16. The molecular weight excluding hydrogens is 424 g/mol. The van der Waals surface area contributed by atoms with Gasteiger partial charge in [-0.25, -0.2) is 4.79 Å². The smallest absolute Gasteiger partial charge is 0.335 e. The molecule has 178 valence electrons. The molecule has 0 aliphatic rings. The summed E-state index contributed by atoms with van der Waals surface area (Å²) in [5, 5.41) is 18.1. The first-order valence-corrected chi connectivity index (χ1v) is 10.8. The Labute approximate surface area is 193 Å². The molecule has 9 heteroatoms. The van der Waals surface area contributed by atoms with Crippen molar-refractivity contribution in [2.24, 2.45) is 11.8 Å². The third-order valence-electron chi connectivity index (χ3n) is 4.91. The second kappa shape index (κ2) is 13.3. The lowest BCUT2D eigenvalue weighted by molar-refractivity contribution is -0.125. The number of hydrogen-bond acceptors (Lipinski definition) is 6. The first-order chi connectivity index (χ1) is 15.8. The highest BCUT2D eigenvalue weighted by molar-refractivity contribution is 5.92. The second-order valence-corrected chi connectivity index (χ2v) is 8.15. The number of methoxy groups -OCH3 is 1. The molecule has 0 fully saturated rings. The Bertz CT molecular complexity index is 948. The SMILES string of the molecule is COCC(=O)Nc1ccccc1CNC(=O)C(CNCc1cc(C(=O)O)ccn1)CC(C)C. The molecule has 0 bridgehead atoms. The molecule has 4 N–H and O–H groups in total. The summed E-state index contributed by atoms with van der Waals surface area (Å²) in [5.41, 5.74) is 2.19. The van der Waals surface area contributed by atoms with Gasteiger partial charge in [-0.05, 0) is 36.1 Å². The molecule has 0 saturated heterocycles. The number of carbonyl (C=O) groups excluding carboxylic acids is 2. The summed E-state index contributed by atoms with van der Waals surface area (Å²) in [5.74, 6) is -1.32. The number of para-hydroxylation sites is 1. The maximum Gasteiger partial charge on any atom is 0.335 e. The third kappa shape index (κ3) is 8.99. The lowest BCUT2D eigenvalue weighted by Crippen LogP contribution is -2.37. The van der Waals surface area contributed by atoms with Crippen molar-refractivity contribution in [1.82, 2.24) is 15.6 Å². The van der Waals surface area contributed by atoms with Gasteiger partial charge in [-0.2, -0.15) is 0 Å². The van der Waals surface area contributed by atoms with Gasteiger partial charge in [0.15, 0.2) is 0 Å². The molecule has 1 aromatic carbocycles. The van der Waals surface area contributed by atoms with Crippen LogP contribution in [0.3, 0.4) is 0 Å². The number of hydrogen-bond donors (Lipinski definition) is 4. The van der Waals surface area contributed by atoms with E-state index in [0.717, 1.165) is 5.56 Å². The van der Waals surface area contributed by atoms with E-state index in [4.69, 9.17) is 9.84 Å². The normalized spacial score (nSPS) is 11.8. The topological polar surface area (TPSA) is 130 Å². The molecule has 1 aromatic heterocycles. The van der Waals surface area contributed by atoms with Crippen molar-refractivity contribution in [2.75, 3.05) is 25.6 Å². The van der Waals surface area contributed by atoms with E-state index in [1.165, 1.54) is 25.4 Å². The minimum Gasteiger partial charge on any atom is -0.478 e. The van der Waals surface area contributed by atoms with Gasteiger partial charge in [-0.15, -0.1) is 0 Å². The minimum atomic E-state index is -1.01. The molecule has 33 heavy (non-hydrogen) atoms. The van der Waals surface area contributed by atoms with Crippen molar-refractivity contribution in [1.29, 1.82) is 0 Å². The lowest BCUT2D eigenvalue weighted by atomic mass is 9.96. The highest BCUT2D eigenvalue weighted by atomic mass is 16.5. The number of carboxylic acid groups (broad SMARTS) is 1. The molecule has 0 spiro atoms. The number of amides is 2. The molecule has 0 saturated carbocycles. The Hall–Kier alpha value is -3.30. The number of carbonyl (C=O) groups is 3. The van der Waals surface area contributed by atoms with Crippen LogP contribution in [0.15, 0.2) is 42.6 Å². The Kier molecular flexibility index (Phi) is 10.5. The van der Waals surface area contributed by atoms with Crippen LogP contribution in [0.2, 0.25) is 0 Å². The average Bonchev–Trinajstić information content (AvgIpc) is 2.77. The zero-order valence-corrected chi connectivity index (χ0v) is 19.3. The van der Waals surface area contributed by atoms with E-state index in [9.17, 15) is 14.4 Å². The standard InChI is InChI=1S/C24H32N4O5/c1-16(2)10-19(12-25-14-20-11-17(24(31)32)8-9-26-20)23(30)27-13-18-6-4-5-7-21(18)28-22(29)15-33-3/h4-9,11,16,19,25H,10,12-15H2,1-3H3,(H,27,30)(H,28,29)(H,31,32). The highest BCUT2D eigenvalue weighted by Gasteiger charge is 2.20. The summed E-state index contributed by atoms with van der Waals surface area (Å²) in [4.78, 5) is 40.1. The van der Waals surface area contributed by atoms with Gasteiger partial charge in [-0.1, -0.05) is 32.0 Å². The number of anilines is 1. The van der Waals surface area contributed by atoms with Crippen LogP contribution in [0.25, 0.3) is 0 Å². The average molecular weight is 457 g/mol. The molecule has 1 unspecified atom stereocenters. The Morgan fingerprint density at radius 3 is 2.58 bits per heavy atom. The molecule has 2 amide bonds. The molecule has 9 nitrogen and oxygen atoms in total. The van der Waals surface area contributed by atoms with Crippen LogP contribution in [0.4, 0.5) is 5.69 Å². The molecule has 1 atom stereocenters. The lowest BCUT2D eigenvalue weighted by Gasteiger charge is -2.20. The number of nitrogens with one attached hydrogen (secondary N) is 3. The van der Waals surface area contributed by atoms with Crippen LogP contribution < -0.4 is 16.0 Å². The number of aromatic nitrogens is 1. The van der Waals surface area contributed by atoms with Gasteiger partial charge in [0, 0.05) is 38.6 Å². The van der Waals surface area contributed by atoms with E-state index >= 15 is 0 Å². The molecule has 1 heterocycles. The first-order valence-electron chi connectivity index (χ1n) is 10.8. The summed E-state index contributed by atoms with van der Waals surface area (Å²) in [6.07, 6.45) is 2.15. The van der Waals surface area contributed by atoms with Gasteiger partial charge < -0.3 is 25.8 Å². The summed E-state index contributed by atoms with van der Waals surface area (Å²) >= 11 is 0. The fourth-order valence-electron chi connectivity index (χ4n) is 3.37. The van der Waals surface area contributed by atoms with E-state index < -0.39 is 5.97 Å². The number of pyridine rings is 1. The molecule has 0 aliphatic carbocycles. The van der Waals surface area contributed by atoms with Crippen LogP contribution in [0, 0.1) is 11.8 Å². The van der Waals surface area contributed by atoms with Gasteiger partial charge in [0.2, 0.25) is 11.8 Å². The first kappa shape index (κ1) is 26.0. The number of ether oxygens (including phenoxy) is 1. The zero-order valence-electron chi connectivity index (χ0n) is 19.3. The summed E-state index contributed by atoms with van der Waals surface area (Å²) < 4.78 is 4.85. The predicted molar refractivity (Wildman–Crippen MR) is 125 cm³/mol. The zero-order chi connectivity index (χ0) is 24.2. The van der Waals surface area contributed by atoms with E-state index in [0.29, 0.717) is 36.8 Å². The van der Waals surface area contributed by atoms with Crippen molar-refractivity contribution in [2.45, 2.75) is 33.4 Å². The monoisotopic (exact) mass is 456 g/mol. The Morgan fingerprint density at radius 1 is 1.12 bits per heavy atom. The maximum atomic E-state index is 12.9. The van der Waals surface area contributed by atoms with Crippen LogP contribution in [0.1, 0.15) is 41.9 Å². The van der Waals surface area contributed by atoms with Crippen molar-refractivity contribution in [3.63, 3.8) is 0 Å². The van der Waals surface area contributed by atoms with Crippen molar-refractivity contribution < 1.29 is 24.2 Å². The number of rotatable bonds is 13. The van der Waals surface area contributed by atoms with Crippen molar-refractivity contribution >= 4 is 23.5 Å². The quantitative estimate of drug-likeness (QED) is 0.364. The summed E-state index contributed by atoms with van der Waals surface area (Å²) in [7, 11) is 1.45. The van der Waals surface area contributed by atoms with Gasteiger partial charge in [0.25, 0.3) is 0 Å². The Morgan fingerprint density at radius 2 is 1.88 bits per heavy atom. The number of carboxylic acids is 1. The molecule has 0 radical (unpaired) electrons. The third-order valence-corrected chi connectivity index (χ3v) is 4.91. The largest absolute Gasteiger partial charge is 0.478 e. The fraction of sp³-hybridized carbons (Fsp3) is 0.417. The predicted octanol–water partition coefficient (Wildman–Crippen LogP) is 2.43. The van der Waals surface area contributed by atoms with Crippen molar-refractivity contribution in [3.05, 3.63) is 59.4 Å². The van der Waals surface area contributed by atoms with Gasteiger partial charge in [0.1, 0.15) is 6.61 Å². The Balaban J connectivity index is 1.96. The van der Waals surface area contributed by atoms with E-state index in [1.807, 2.05) is 18.2 Å². The second-order valence-electron chi connectivity index (χ2n) is 8.15. The number of benzene rings is 1. The molecule has 2 aromatic rings. The van der Waals surface area contributed by atoms with Crippen LogP contribution >= 0.6 is 0 Å². The molecule has 2 rings (SSSR count). The van der Waals surface area contributed by atoms with Gasteiger partial charge >= 0.3 is 5.97 Å². The van der Waals surface area contributed by atoms with Gasteiger partial charge in [-0.3, -0.25) is 14.6 Å². The number of aromatic carboxylic acids is 1. The fourth-order valence-corrected chi connectivity index (χ4v) is 3.37. The van der Waals surface area contributed by atoms with Crippen LogP contribution in [0.5, 0.6) is 0 Å². The van der Waals surface area contributed by atoms with E-state index in [1.54, 1.807) is 6.07 Å². The van der Waals surface area contributed by atoms with Gasteiger partial charge in [0.05, 0.1) is 17.2 Å². The van der Waals surface area contributed by atoms with E-state index in [-0.39, 0.29) is 36.4 Å². The minimum absolute atomic E-state index is 0.0486. The van der Waals surface area contributed by atoms with Crippen LogP contribution in [-0.4, -0.2) is 48.1 Å². The van der Waals surface area contributed by atoms with E-state index in [2.05, 4.69) is 34.8 Å².